The number of para-hydroxylation sites is 1. The number of furan rings is 1. The number of aromatic nitrogens is 1. The number of allylic oxidation sites excluding steroid dienone is 1. The molecule has 3 heterocycles. The zero-order valence-corrected chi connectivity index (χ0v) is 22.5. The van der Waals surface area contributed by atoms with Gasteiger partial charge in [0.1, 0.15) is 11.5 Å². The normalized spacial score (nSPS) is 16.2. The lowest BCUT2D eigenvalue weighted by atomic mass is 9.83. The van der Waals surface area contributed by atoms with Crippen LogP contribution in [-0.4, -0.2) is 9.49 Å². The Morgan fingerprint density at radius 1 is 0.975 bits per heavy atom. The first-order valence-electron chi connectivity index (χ1n) is 12.7. The molecule has 1 aliphatic carbocycles. The summed E-state index contributed by atoms with van der Waals surface area (Å²) in [5.41, 5.74) is 5.51. The second-order valence-electron chi connectivity index (χ2n) is 9.64. The molecule has 0 bridgehead atoms. The van der Waals surface area contributed by atoms with Gasteiger partial charge in [0.25, 0.3) is 11.2 Å². The van der Waals surface area contributed by atoms with Crippen LogP contribution in [0, 0.1) is 10.1 Å². The van der Waals surface area contributed by atoms with Crippen molar-refractivity contribution >= 4 is 40.4 Å². The minimum absolute atomic E-state index is 0.0448. The first-order valence-corrected chi connectivity index (χ1v) is 13.9. The van der Waals surface area contributed by atoms with Gasteiger partial charge in [0.2, 0.25) is 0 Å². The van der Waals surface area contributed by atoms with E-state index in [-0.39, 0.29) is 17.3 Å². The number of rotatable bonds is 4. The van der Waals surface area contributed by atoms with E-state index >= 15 is 0 Å². The maximum atomic E-state index is 13.9. The molecule has 196 valence electrons. The van der Waals surface area contributed by atoms with Gasteiger partial charge in [-0.3, -0.25) is 19.5 Å². The van der Waals surface area contributed by atoms with Crippen molar-refractivity contribution in [3.63, 3.8) is 0 Å². The lowest BCUT2D eigenvalue weighted by Crippen LogP contribution is -2.38. The Morgan fingerprint density at radius 2 is 1.73 bits per heavy atom. The second kappa shape index (κ2) is 9.59. The van der Waals surface area contributed by atoms with Crippen LogP contribution in [0.25, 0.3) is 23.1 Å². The van der Waals surface area contributed by atoms with E-state index in [0.717, 1.165) is 35.2 Å². The van der Waals surface area contributed by atoms with E-state index in [1.807, 2.05) is 36.4 Å². The molecule has 7 nitrogen and oxygen atoms in total. The van der Waals surface area contributed by atoms with Crippen LogP contribution in [0.2, 0.25) is 5.02 Å². The molecular weight excluding hydrogens is 546 g/mol. The Bertz CT molecular complexity index is 2040. The van der Waals surface area contributed by atoms with E-state index in [9.17, 15) is 14.9 Å². The van der Waals surface area contributed by atoms with Crippen molar-refractivity contribution in [2.45, 2.75) is 18.9 Å². The zero-order valence-electron chi connectivity index (χ0n) is 20.9. The fourth-order valence-corrected chi connectivity index (χ4v) is 6.62. The fraction of sp³-hybridized carbons (Fsp3) is 0.0968. The molecule has 40 heavy (non-hydrogen) atoms. The number of fused-ring (bicyclic) bond motifs is 3. The average Bonchev–Trinajstić information content (AvgIpc) is 3.56. The number of thiazole rings is 1. The van der Waals surface area contributed by atoms with Gasteiger partial charge >= 0.3 is 0 Å². The van der Waals surface area contributed by atoms with Gasteiger partial charge < -0.3 is 4.42 Å². The molecule has 9 heteroatoms. The van der Waals surface area contributed by atoms with Gasteiger partial charge in [0, 0.05) is 22.7 Å². The molecule has 0 fully saturated rings. The van der Waals surface area contributed by atoms with E-state index in [4.69, 9.17) is 21.0 Å². The zero-order chi connectivity index (χ0) is 27.4. The summed E-state index contributed by atoms with van der Waals surface area (Å²) in [6.07, 6.45) is 3.35. The molecule has 0 unspecified atom stereocenters. The van der Waals surface area contributed by atoms with Crippen molar-refractivity contribution < 1.29 is 9.34 Å². The van der Waals surface area contributed by atoms with Crippen molar-refractivity contribution in [2.75, 3.05) is 0 Å². The minimum Gasteiger partial charge on any atom is -0.456 e. The molecule has 2 aromatic heterocycles. The molecule has 2 aliphatic rings. The van der Waals surface area contributed by atoms with E-state index in [0.29, 0.717) is 31.4 Å². The number of aryl methyl sites for hydroxylation is 1. The SMILES string of the molecule is O=c1/c(=C\c2ccc(-c3ccccc3[N+](=O)[O-])o2)sc2n1[C@@H](c1ccc(Cl)cc1)C1=C(N=2)c2ccccc2CC1. The van der Waals surface area contributed by atoms with Gasteiger partial charge in [-0.25, -0.2) is 4.99 Å². The number of hydrogen-bond donors (Lipinski definition) is 0. The van der Waals surface area contributed by atoms with E-state index in [1.54, 1.807) is 41.0 Å². The molecule has 1 aliphatic heterocycles. The number of benzene rings is 3. The van der Waals surface area contributed by atoms with E-state index in [1.165, 1.54) is 23.0 Å². The summed E-state index contributed by atoms with van der Waals surface area (Å²) >= 11 is 7.51. The Hall–Kier alpha value is -4.53. The topological polar surface area (TPSA) is 90.6 Å². The van der Waals surface area contributed by atoms with Crippen molar-refractivity contribution in [2.24, 2.45) is 4.99 Å². The highest BCUT2D eigenvalue weighted by Gasteiger charge is 2.32. The number of nitrogens with zero attached hydrogens (tertiary/aromatic N) is 3. The van der Waals surface area contributed by atoms with Crippen LogP contribution in [0.4, 0.5) is 5.69 Å². The molecule has 3 aromatic carbocycles. The molecule has 0 spiro atoms. The molecule has 5 aromatic rings. The summed E-state index contributed by atoms with van der Waals surface area (Å²) in [6.45, 7) is 0. The van der Waals surface area contributed by atoms with Crippen molar-refractivity contribution in [3.8, 4) is 11.3 Å². The first kappa shape index (κ1) is 24.5. The number of hydrogen-bond acceptors (Lipinski definition) is 6. The van der Waals surface area contributed by atoms with Gasteiger partial charge in [-0.15, -0.1) is 0 Å². The summed E-state index contributed by atoms with van der Waals surface area (Å²) in [6, 6.07) is 25.4. The lowest BCUT2D eigenvalue weighted by Gasteiger charge is -2.30. The van der Waals surface area contributed by atoms with Crippen LogP contribution in [0.3, 0.4) is 0 Å². The van der Waals surface area contributed by atoms with Gasteiger partial charge in [0.15, 0.2) is 4.80 Å². The summed E-state index contributed by atoms with van der Waals surface area (Å²) < 4.78 is 8.19. The highest BCUT2D eigenvalue weighted by atomic mass is 35.5. The van der Waals surface area contributed by atoms with Crippen LogP contribution in [0.1, 0.15) is 34.9 Å². The molecule has 0 saturated heterocycles. The highest BCUT2D eigenvalue weighted by Crippen LogP contribution is 2.41. The molecule has 0 radical (unpaired) electrons. The lowest BCUT2D eigenvalue weighted by molar-refractivity contribution is -0.384. The smallest absolute Gasteiger partial charge is 0.280 e. The maximum Gasteiger partial charge on any atom is 0.280 e. The van der Waals surface area contributed by atoms with Crippen molar-refractivity contribution in [1.82, 2.24) is 4.57 Å². The first-order chi connectivity index (χ1) is 19.5. The molecule has 0 saturated carbocycles. The Balaban J connectivity index is 1.39. The maximum absolute atomic E-state index is 13.9. The third-order valence-electron chi connectivity index (χ3n) is 7.33. The van der Waals surface area contributed by atoms with E-state index in [2.05, 4.69) is 12.1 Å². The molecule has 0 amide bonds. The predicted molar refractivity (Wildman–Crippen MR) is 155 cm³/mol. The third kappa shape index (κ3) is 4.04. The Labute approximate surface area is 236 Å². The quantitative estimate of drug-likeness (QED) is 0.193. The molecule has 7 rings (SSSR count). The van der Waals surface area contributed by atoms with Crippen LogP contribution in [-0.2, 0) is 6.42 Å². The van der Waals surface area contributed by atoms with Crippen molar-refractivity contribution in [3.05, 3.63) is 148 Å². The molecule has 0 N–H and O–H groups in total. The summed E-state index contributed by atoms with van der Waals surface area (Å²) in [7, 11) is 0. The van der Waals surface area contributed by atoms with Gasteiger partial charge in [-0.1, -0.05) is 71.5 Å². The summed E-state index contributed by atoms with van der Waals surface area (Å²) in [5.74, 6) is 0.785. The Morgan fingerprint density at radius 3 is 2.52 bits per heavy atom. The fourth-order valence-electron chi connectivity index (χ4n) is 5.51. The number of nitro groups is 1. The van der Waals surface area contributed by atoms with Gasteiger partial charge in [-0.05, 0) is 59.9 Å². The number of halogens is 1. The van der Waals surface area contributed by atoms with Gasteiger partial charge in [0.05, 0.1) is 26.8 Å². The highest BCUT2D eigenvalue weighted by molar-refractivity contribution is 7.07. The largest absolute Gasteiger partial charge is 0.456 e. The second-order valence-corrected chi connectivity index (χ2v) is 11.1. The van der Waals surface area contributed by atoms with Crippen LogP contribution >= 0.6 is 22.9 Å². The minimum atomic E-state index is -0.438. The monoisotopic (exact) mass is 565 g/mol. The molecule has 1 atom stereocenters. The average molecular weight is 566 g/mol. The van der Waals surface area contributed by atoms with E-state index < -0.39 is 4.92 Å². The van der Waals surface area contributed by atoms with Crippen LogP contribution < -0.4 is 14.9 Å². The number of nitro benzene ring substituents is 1. The Kier molecular flexibility index (Phi) is 5.87. The van der Waals surface area contributed by atoms with Crippen molar-refractivity contribution in [1.29, 1.82) is 0 Å². The summed E-state index contributed by atoms with van der Waals surface area (Å²) in [5, 5.41) is 12.1. The summed E-state index contributed by atoms with van der Waals surface area (Å²) in [4.78, 5) is 30.6. The predicted octanol–water partition coefficient (Wildman–Crippen LogP) is 6.14. The van der Waals surface area contributed by atoms with Crippen LogP contribution in [0.5, 0.6) is 0 Å². The standard InChI is InChI=1S/C31H20ClN3O4S/c32-20-12-9-19(10-13-20)29-24-15-11-18-5-1-2-6-22(18)28(24)33-31-34(29)30(36)27(40-31)17-21-14-16-26(39-21)23-7-3-4-8-25(23)35(37)38/h1-10,12-14,16-17,29H,11,15H2/b27-17+/t29-/m0/s1. The molecular formula is C31H20ClN3O4S. The van der Waals surface area contributed by atoms with Crippen LogP contribution in [0.15, 0.2) is 105 Å². The van der Waals surface area contributed by atoms with Gasteiger partial charge in [-0.2, -0.15) is 0 Å². The third-order valence-corrected chi connectivity index (χ3v) is 8.56.